The average Bonchev–Trinajstić information content (AvgIpc) is 3.27. The van der Waals surface area contributed by atoms with Crippen molar-refractivity contribution in [1.29, 1.82) is 0 Å². The van der Waals surface area contributed by atoms with E-state index in [1.807, 2.05) is 0 Å². The highest BCUT2D eigenvalue weighted by molar-refractivity contribution is 5.93. The van der Waals surface area contributed by atoms with E-state index in [1.54, 1.807) is 35.9 Å². The molecular formula is C15H19N5O3. The Hall–Kier alpha value is -2.64. The molecule has 0 radical (unpaired) electrons. The number of aromatic amines is 1. The number of rotatable bonds is 4. The molecule has 2 aromatic heterocycles. The monoisotopic (exact) mass is 317 g/mol. The van der Waals surface area contributed by atoms with Crippen molar-refractivity contribution >= 4 is 11.8 Å². The van der Waals surface area contributed by atoms with E-state index in [0.29, 0.717) is 30.2 Å². The normalized spacial score (nSPS) is 17.5. The number of nitrogens with one attached hydrogen (secondary N) is 1. The van der Waals surface area contributed by atoms with Gasteiger partial charge in [-0.25, -0.2) is 0 Å². The molecule has 1 atom stereocenters. The van der Waals surface area contributed by atoms with Gasteiger partial charge in [0.1, 0.15) is 0 Å². The lowest BCUT2D eigenvalue weighted by atomic mass is 10.2. The zero-order valence-electron chi connectivity index (χ0n) is 13.2. The van der Waals surface area contributed by atoms with Gasteiger partial charge < -0.3 is 14.2 Å². The number of nitrogens with zero attached hydrogens (tertiary/aromatic N) is 4. The second kappa shape index (κ2) is 6.23. The van der Waals surface area contributed by atoms with Gasteiger partial charge >= 0.3 is 0 Å². The van der Waals surface area contributed by atoms with Gasteiger partial charge in [-0.1, -0.05) is 0 Å². The second-order valence-corrected chi connectivity index (χ2v) is 5.72. The van der Waals surface area contributed by atoms with Gasteiger partial charge in [0.2, 0.25) is 0 Å². The van der Waals surface area contributed by atoms with Crippen LogP contribution in [0.25, 0.3) is 0 Å². The summed E-state index contributed by atoms with van der Waals surface area (Å²) in [6, 6.07) is 3.33. The van der Waals surface area contributed by atoms with Crippen molar-refractivity contribution in [3.05, 3.63) is 35.5 Å². The van der Waals surface area contributed by atoms with Gasteiger partial charge in [-0.2, -0.15) is 15.4 Å². The molecule has 0 unspecified atom stereocenters. The van der Waals surface area contributed by atoms with Crippen LogP contribution in [0.5, 0.6) is 0 Å². The zero-order valence-corrected chi connectivity index (χ0v) is 13.2. The molecule has 8 nitrogen and oxygen atoms in total. The smallest absolute Gasteiger partial charge is 0.289 e. The minimum atomic E-state index is -0.200. The highest BCUT2D eigenvalue weighted by Crippen LogP contribution is 2.21. The van der Waals surface area contributed by atoms with E-state index < -0.39 is 0 Å². The Kier molecular flexibility index (Phi) is 4.14. The van der Waals surface area contributed by atoms with E-state index in [2.05, 4.69) is 15.4 Å². The van der Waals surface area contributed by atoms with Crippen LogP contribution in [0.2, 0.25) is 0 Å². The average molecular weight is 317 g/mol. The first kappa shape index (κ1) is 15.3. The minimum absolute atomic E-state index is 0.0197. The molecule has 1 N–H and O–H groups in total. The van der Waals surface area contributed by atoms with Crippen LogP contribution in [0.1, 0.15) is 39.6 Å². The molecular weight excluding hydrogens is 298 g/mol. The molecule has 0 aromatic carbocycles. The molecule has 0 aliphatic carbocycles. The lowest BCUT2D eigenvalue weighted by Gasteiger charge is -2.28. The number of carbonyl (C=O) groups is 2. The number of aryl methyl sites for hydroxylation is 1. The number of carbonyl (C=O) groups excluding carboxylic acids is 2. The number of likely N-dealkylation sites (tertiary alicyclic amines) is 1. The minimum Gasteiger partial charge on any atom is -0.459 e. The van der Waals surface area contributed by atoms with Crippen molar-refractivity contribution in [2.45, 2.75) is 25.8 Å². The summed E-state index contributed by atoms with van der Waals surface area (Å²) in [5, 5.41) is 10.2. The Morgan fingerprint density at radius 3 is 2.96 bits per heavy atom. The highest BCUT2D eigenvalue weighted by atomic mass is 16.3. The Balaban J connectivity index is 1.68. The maximum Gasteiger partial charge on any atom is 0.289 e. The third kappa shape index (κ3) is 2.96. The van der Waals surface area contributed by atoms with Crippen LogP contribution in [-0.2, 0) is 0 Å². The molecule has 1 fully saturated rings. The van der Waals surface area contributed by atoms with Crippen LogP contribution < -0.4 is 0 Å². The van der Waals surface area contributed by atoms with Crippen molar-refractivity contribution in [3.8, 4) is 0 Å². The number of hydrogen-bond donors (Lipinski definition) is 1. The summed E-state index contributed by atoms with van der Waals surface area (Å²) in [7, 11) is 1.71. The standard InChI is InChI=1S/C15H19N5O3/c1-10-13(17-18-16-10)15(22)19(2)9-11-5-3-7-20(11)14(21)12-6-4-8-23-12/h4,6,8,11H,3,5,7,9H2,1-2H3,(H,16,17,18)/t11-/m1/s1. The van der Waals surface area contributed by atoms with E-state index in [9.17, 15) is 9.59 Å². The van der Waals surface area contributed by atoms with Crippen LogP contribution in [0, 0.1) is 6.92 Å². The van der Waals surface area contributed by atoms with Crippen molar-refractivity contribution in [3.63, 3.8) is 0 Å². The van der Waals surface area contributed by atoms with Gasteiger partial charge in [0.05, 0.1) is 12.0 Å². The summed E-state index contributed by atoms with van der Waals surface area (Å²) in [5.41, 5.74) is 0.881. The molecule has 2 amide bonds. The van der Waals surface area contributed by atoms with Crippen LogP contribution in [0.3, 0.4) is 0 Å². The van der Waals surface area contributed by atoms with E-state index in [0.717, 1.165) is 12.8 Å². The highest BCUT2D eigenvalue weighted by Gasteiger charge is 2.32. The SMILES string of the molecule is Cc1n[nH]nc1C(=O)N(C)C[C@H]1CCCN1C(=O)c1ccco1. The fourth-order valence-corrected chi connectivity index (χ4v) is 2.90. The number of hydrogen-bond acceptors (Lipinski definition) is 5. The quantitative estimate of drug-likeness (QED) is 0.910. The first-order valence-electron chi connectivity index (χ1n) is 7.55. The zero-order chi connectivity index (χ0) is 16.4. The van der Waals surface area contributed by atoms with Gasteiger partial charge in [-0.15, -0.1) is 0 Å². The Morgan fingerprint density at radius 1 is 1.48 bits per heavy atom. The fraction of sp³-hybridized carbons (Fsp3) is 0.467. The number of H-pyrrole nitrogens is 1. The molecule has 3 heterocycles. The van der Waals surface area contributed by atoms with Gasteiger partial charge in [0, 0.05) is 26.2 Å². The van der Waals surface area contributed by atoms with Gasteiger partial charge in [-0.3, -0.25) is 9.59 Å². The Morgan fingerprint density at radius 2 is 2.30 bits per heavy atom. The van der Waals surface area contributed by atoms with Crippen LogP contribution in [-0.4, -0.2) is 63.2 Å². The maximum atomic E-state index is 12.5. The van der Waals surface area contributed by atoms with E-state index in [4.69, 9.17) is 4.42 Å². The molecule has 0 spiro atoms. The Bertz CT molecular complexity index is 694. The maximum absolute atomic E-state index is 12.5. The summed E-state index contributed by atoms with van der Waals surface area (Å²) in [6.07, 6.45) is 3.27. The number of furan rings is 1. The number of aromatic nitrogens is 3. The lowest BCUT2D eigenvalue weighted by molar-refractivity contribution is 0.0626. The van der Waals surface area contributed by atoms with Crippen molar-refractivity contribution in [2.24, 2.45) is 0 Å². The van der Waals surface area contributed by atoms with Crippen molar-refractivity contribution in [1.82, 2.24) is 25.2 Å². The molecule has 0 saturated carbocycles. The topological polar surface area (TPSA) is 95.3 Å². The molecule has 1 aliphatic heterocycles. The third-order valence-corrected chi connectivity index (χ3v) is 4.13. The third-order valence-electron chi connectivity index (χ3n) is 4.13. The van der Waals surface area contributed by atoms with Gasteiger partial charge in [0.25, 0.3) is 11.8 Å². The molecule has 23 heavy (non-hydrogen) atoms. The summed E-state index contributed by atoms with van der Waals surface area (Å²) in [4.78, 5) is 28.2. The second-order valence-electron chi connectivity index (χ2n) is 5.72. The van der Waals surface area contributed by atoms with E-state index in [-0.39, 0.29) is 17.9 Å². The molecule has 8 heteroatoms. The van der Waals surface area contributed by atoms with Gasteiger partial charge in [-0.05, 0) is 31.9 Å². The number of amides is 2. The molecule has 2 aromatic rings. The lowest BCUT2D eigenvalue weighted by Crippen LogP contribution is -2.44. The van der Waals surface area contributed by atoms with Crippen molar-refractivity contribution < 1.29 is 14.0 Å². The molecule has 1 saturated heterocycles. The van der Waals surface area contributed by atoms with Crippen LogP contribution >= 0.6 is 0 Å². The van der Waals surface area contributed by atoms with E-state index >= 15 is 0 Å². The first-order chi connectivity index (χ1) is 11.1. The molecule has 1 aliphatic rings. The van der Waals surface area contributed by atoms with Crippen molar-refractivity contribution in [2.75, 3.05) is 20.1 Å². The Labute approximate surface area is 133 Å². The fourth-order valence-electron chi connectivity index (χ4n) is 2.90. The predicted octanol–water partition coefficient (Wildman–Crippen LogP) is 1.08. The van der Waals surface area contributed by atoms with E-state index in [1.165, 1.54) is 6.26 Å². The van der Waals surface area contributed by atoms with Crippen LogP contribution in [0.15, 0.2) is 22.8 Å². The summed E-state index contributed by atoms with van der Waals surface area (Å²) in [5.74, 6) is 0.00254. The molecule has 3 rings (SSSR count). The summed E-state index contributed by atoms with van der Waals surface area (Å²) >= 11 is 0. The summed E-state index contributed by atoms with van der Waals surface area (Å²) < 4.78 is 5.19. The predicted molar refractivity (Wildman–Crippen MR) is 80.8 cm³/mol. The summed E-state index contributed by atoms with van der Waals surface area (Å²) in [6.45, 7) is 2.86. The number of likely N-dealkylation sites (N-methyl/N-ethyl adjacent to an activating group) is 1. The largest absolute Gasteiger partial charge is 0.459 e. The van der Waals surface area contributed by atoms with Gasteiger partial charge in [0.15, 0.2) is 11.5 Å². The van der Waals surface area contributed by atoms with Crippen LogP contribution in [0.4, 0.5) is 0 Å². The molecule has 0 bridgehead atoms. The first-order valence-corrected chi connectivity index (χ1v) is 7.55. The molecule has 122 valence electrons.